The first-order valence-electron chi connectivity index (χ1n) is 9.00. The van der Waals surface area contributed by atoms with Crippen LogP contribution < -0.4 is 5.32 Å². The van der Waals surface area contributed by atoms with Gasteiger partial charge in [0.1, 0.15) is 5.01 Å². The fourth-order valence-corrected chi connectivity index (χ4v) is 5.03. The van der Waals surface area contributed by atoms with Crippen LogP contribution in [0.25, 0.3) is 10.2 Å². The Morgan fingerprint density at radius 3 is 3.04 bits per heavy atom. The number of rotatable bonds is 4. The summed E-state index contributed by atoms with van der Waals surface area (Å²) < 4.78 is 1.18. The summed E-state index contributed by atoms with van der Waals surface area (Å²) in [7, 11) is 0. The average Bonchev–Trinajstić information content (AvgIpc) is 3.30. The molecule has 2 unspecified atom stereocenters. The van der Waals surface area contributed by atoms with Crippen LogP contribution in [0.4, 0.5) is 0 Å². The molecule has 0 aliphatic carbocycles. The first-order chi connectivity index (χ1) is 12.0. The van der Waals surface area contributed by atoms with Crippen molar-refractivity contribution in [1.82, 2.24) is 15.2 Å². The van der Waals surface area contributed by atoms with Crippen molar-refractivity contribution in [2.24, 2.45) is 0 Å². The van der Waals surface area contributed by atoms with Crippen molar-refractivity contribution in [3.8, 4) is 0 Å². The van der Waals surface area contributed by atoms with Crippen LogP contribution in [0.2, 0.25) is 0 Å². The van der Waals surface area contributed by atoms with Gasteiger partial charge in [-0.1, -0.05) is 12.1 Å². The molecule has 2 aliphatic heterocycles. The molecule has 1 N–H and O–H groups in total. The van der Waals surface area contributed by atoms with Crippen LogP contribution >= 0.6 is 11.3 Å². The van der Waals surface area contributed by atoms with Gasteiger partial charge in [-0.15, -0.1) is 11.3 Å². The largest absolute Gasteiger partial charge is 0.351 e. The lowest BCUT2D eigenvalue weighted by Gasteiger charge is -2.27. The maximum atomic E-state index is 12.8. The van der Waals surface area contributed by atoms with Gasteiger partial charge in [0.05, 0.1) is 16.3 Å². The topological polar surface area (TPSA) is 62.3 Å². The Bertz CT molecular complexity index is 785. The van der Waals surface area contributed by atoms with Gasteiger partial charge in [0.2, 0.25) is 11.8 Å². The third-order valence-corrected chi connectivity index (χ3v) is 6.54. The third kappa shape index (κ3) is 3.27. The maximum Gasteiger partial charge on any atom is 0.223 e. The summed E-state index contributed by atoms with van der Waals surface area (Å²) in [6, 6.07) is 8.25. The molecule has 1 aromatic carbocycles. The first-order valence-corrected chi connectivity index (χ1v) is 9.82. The third-order valence-electron chi connectivity index (χ3n) is 5.40. The van der Waals surface area contributed by atoms with Crippen molar-refractivity contribution < 1.29 is 9.59 Å². The minimum atomic E-state index is -0.224. The Balaban J connectivity index is 1.45. The van der Waals surface area contributed by atoms with E-state index in [1.165, 1.54) is 4.70 Å². The molecule has 132 valence electrons. The number of fused-ring (bicyclic) bond motifs is 1. The quantitative estimate of drug-likeness (QED) is 0.912. The van der Waals surface area contributed by atoms with Gasteiger partial charge in [-0.05, 0) is 44.7 Å². The predicted molar refractivity (Wildman–Crippen MR) is 98.3 cm³/mol. The molecule has 2 saturated heterocycles. The number of hydrogen-bond acceptors (Lipinski definition) is 4. The second-order valence-electron chi connectivity index (χ2n) is 7.37. The van der Waals surface area contributed by atoms with Gasteiger partial charge < -0.3 is 10.2 Å². The molecule has 6 heteroatoms. The fourth-order valence-electron chi connectivity index (χ4n) is 3.92. The van der Waals surface area contributed by atoms with E-state index in [-0.39, 0.29) is 23.4 Å². The van der Waals surface area contributed by atoms with E-state index < -0.39 is 0 Å². The van der Waals surface area contributed by atoms with Crippen LogP contribution in [-0.4, -0.2) is 33.8 Å². The molecule has 4 rings (SSSR count). The number of carbonyl (C=O) groups excluding carboxylic acids is 2. The highest BCUT2D eigenvalue weighted by Crippen LogP contribution is 2.37. The van der Waals surface area contributed by atoms with Crippen molar-refractivity contribution in [2.45, 2.75) is 57.0 Å². The second-order valence-corrected chi connectivity index (χ2v) is 8.44. The lowest BCUT2D eigenvalue weighted by Crippen LogP contribution is -2.40. The first kappa shape index (κ1) is 16.5. The van der Waals surface area contributed by atoms with Gasteiger partial charge >= 0.3 is 0 Å². The van der Waals surface area contributed by atoms with Crippen molar-refractivity contribution in [3.63, 3.8) is 0 Å². The van der Waals surface area contributed by atoms with E-state index in [9.17, 15) is 9.59 Å². The van der Waals surface area contributed by atoms with E-state index in [1.807, 2.05) is 30.0 Å². The Morgan fingerprint density at radius 2 is 2.28 bits per heavy atom. The number of para-hydroxylation sites is 1. The smallest absolute Gasteiger partial charge is 0.223 e. The fraction of sp³-hybridized carbons (Fsp3) is 0.526. The molecule has 2 amide bonds. The summed E-state index contributed by atoms with van der Waals surface area (Å²) >= 11 is 1.70. The molecular formula is C19H23N3O2S. The Hall–Kier alpha value is -1.95. The molecule has 0 saturated carbocycles. The molecule has 0 radical (unpaired) electrons. The van der Waals surface area contributed by atoms with Crippen LogP contribution in [0, 0.1) is 0 Å². The summed E-state index contributed by atoms with van der Waals surface area (Å²) in [5.74, 6) is 0.285. The molecule has 0 bridgehead atoms. The highest BCUT2D eigenvalue weighted by atomic mass is 32.1. The number of nitrogens with one attached hydrogen (secondary N) is 1. The van der Waals surface area contributed by atoms with Crippen LogP contribution in [0.3, 0.4) is 0 Å². The van der Waals surface area contributed by atoms with Crippen molar-refractivity contribution in [1.29, 1.82) is 0 Å². The molecule has 25 heavy (non-hydrogen) atoms. The Kier molecular flexibility index (Phi) is 4.23. The van der Waals surface area contributed by atoms with E-state index in [2.05, 4.69) is 11.4 Å². The number of amides is 2. The summed E-state index contributed by atoms with van der Waals surface area (Å²) in [6.45, 7) is 2.85. The molecule has 1 aromatic heterocycles. The summed E-state index contributed by atoms with van der Waals surface area (Å²) in [5.41, 5.74) is 0.792. The van der Waals surface area contributed by atoms with Crippen molar-refractivity contribution >= 4 is 33.4 Å². The molecule has 2 aliphatic rings. The van der Waals surface area contributed by atoms with Gasteiger partial charge in [0, 0.05) is 24.9 Å². The number of hydrogen-bond donors (Lipinski definition) is 1. The SMILES string of the molecule is CC1(CCC(=O)N2CCCC2c2nc3ccccc3s2)CCC(=O)N1. The lowest BCUT2D eigenvalue weighted by molar-refractivity contribution is -0.132. The Labute approximate surface area is 151 Å². The number of nitrogens with zero attached hydrogens (tertiary/aromatic N) is 2. The zero-order valence-corrected chi connectivity index (χ0v) is 15.3. The van der Waals surface area contributed by atoms with Gasteiger partial charge in [0.15, 0.2) is 0 Å². The zero-order valence-electron chi connectivity index (χ0n) is 14.5. The summed E-state index contributed by atoms with van der Waals surface area (Å²) in [5, 5.41) is 4.07. The van der Waals surface area contributed by atoms with E-state index in [0.29, 0.717) is 19.3 Å². The van der Waals surface area contributed by atoms with Crippen LogP contribution in [-0.2, 0) is 9.59 Å². The maximum absolute atomic E-state index is 12.8. The van der Waals surface area contributed by atoms with E-state index in [4.69, 9.17) is 4.98 Å². The normalized spacial score (nSPS) is 26.4. The lowest BCUT2D eigenvalue weighted by atomic mass is 9.94. The average molecular weight is 357 g/mol. The number of benzene rings is 1. The predicted octanol–water partition coefficient (Wildman–Crippen LogP) is 3.41. The minimum absolute atomic E-state index is 0.100. The van der Waals surface area contributed by atoms with Gasteiger partial charge in [0.25, 0.3) is 0 Å². The molecule has 0 spiro atoms. The van der Waals surface area contributed by atoms with Gasteiger partial charge in [-0.25, -0.2) is 4.98 Å². The molecule has 5 nitrogen and oxygen atoms in total. The molecule has 2 fully saturated rings. The monoisotopic (exact) mass is 357 g/mol. The zero-order chi connectivity index (χ0) is 17.4. The molecule has 2 aromatic rings. The minimum Gasteiger partial charge on any atom is -0.351 e. The molecule has 2 atom stereocenters. The van der Waals surface area contributed by atoms with Crippen LogP contribution in [0.15, 0.2) is 24.3 Å². The Morgan fingerprint density at radius 1 is 1.44 bits per heavy atom. The highest BCUT2D eigenvalue weighted by molar-refractivity contribution is 7.18. The number of aromatic nitrogens is 1. The summed E-state index contributed by atoms with van der Waals surface area (Å²) in [6.07, 6.45) is 4.60. The van der Waals surface area contributed by atoms with Gasteiger partial charge in [-0.3, -0.25) is 9.59 Å². The van der Waals surface area contributed by atoms with E-state index in [0.717, 1.165) is 36.3 Å². The summed E-state index contributed by atoms with van der Waals surface area (Å²) in [4.78, 5) is 31.0. The highest BCUT2D eigenvalue weighted by Gasteiger charge is 2.36. The molecular weight excluding hydrogens is 334 g/mol. The van der Waals surface area contributed by atoms with Crippen molar-refractivity contribution in [2.75, 3.05) is 6.54 Å². The van der Waals surface area contributed by atoms with Crippen LogP contribution in [0.5, 0.6) is 0 Å². The van der Waals surface area contributed by atoms with Crippen molar-refractivity contribution in [3.05, 3.63) is 29.3 Å². The number of carbonyl (C=O) groups is 2. The molecule has 3 heterocycles. The number of thiazole rings is 1. The van der Waals surface area contributed by atoms with Crippen LogP contribution in [0.1, 0.15) is 56.5 Å². The van der Waals surface area contributed by atoms with Gasteiger partial charge in [-0.2, -0.15) is 0 Å². The standard InChI is InChI=1S/C19H23N3O2S/c1-19(10-8-16(23)21-19)11-9-17(24)22-12-4-6-14(22)18-20-13-5-2-3-7-15(13)25-18/h2-3,5,7,14H,4,6,8-12H2,1H3,(H,21,23). The van der Waals surface area contributed by atoms with E-state index in [1.54, 1.807) is 11.3 Å². The number of likely N-dealkylation sites (tertiary alicyclic amines) is 1. The second kappa shape index (κ2) is 6.41. The van der Waals surface area contributed by atoms with E-state index >= 15 is 0 Å².